The number of carbonyl (C=O) groups is 8. The molecule has 0 bridgehead atoms. The molecule has 2 rings (SSSR count). The fourth-order valence-corrected chi connectivity index (χ4v) is 5.28. The van der Waals surface area contributed by atoms with Crippen molar-refractivity contribution >= 4 is 47.8 Å². The largest absolute Gasteiger partial charge is 0.463 e. The van der Waals surface area contributed by atoms with Crippen molar-refractivity contribution < 1.29 is 90.5 Å². The van der Waals surface area contributed by atoms with Gasteiger partial charge in [0.25, 0.3) is 0 Å². The molecule has 336 valence electrons. The number of esters is 8. The average Bonchev–Trinajstić information content (AvgIpc) is 3.40. The predicted molar refractivity (Wildman–Crippen MR) is 200 cm³/mol. The highest BCUT2D eigenvalue weighted by Crippen LogP contribution is 2.42. The molecule has 0 aromatic carbocycles. The van der Waals surface area contributed by atoms with E-state index in [2.05, 4.69) is 0 Å². The van der Waals surface area contributed by atoms with Gasteiger partial charge in [0, 0.05) is 13.8 Å². The van der Waals surface area contributed by atoms with Gasteiger partial charge in [-0.3, -0.25) is 38.4 Å². The molecule has 0 N–H and O–H groups in total. The lowest BCUT2D eigenvalue weighted by Crippen LogP contribution is -2.66. The Morgan fingerprint density at radius 3 is 1.29 bits per heavy atom. The number of hydrogen-bond donors (Lipinski definition) is 0. The van der Waals surface area contributed by atoms with E-state index in [0.717, 1.165) is 13.8 Å². The standard InChI is InChI=1S/C40H62O19/c1-18(2)33(43)50-16-27-29(54-35(45)20(5)6)32(57-38(48)23(11)12)40(58-27,17-51-25(14)42)59-39-31(56-37(47)22(9)10)30(55-36(46)21(7)8)28(53-34(44)19(3)4)26(52-39)15-49-24(13)41/h18-23,26-32,39H,15-17H2,1-14H3. The van der Waals surface area contributed by atoms with Crippen LogP contribution in [0.25, 0.3) is 0 Å². The van der Waals surface area contributed by atoms with Crippen LogP contribution in [-0.4, -0.2) is 122 Å². The molecule has 2 heterocycles. The molecule has 2 saturated heterocycles. The molecule has 19 nitrogen and oxygen atoms in total. The fraction of sp³-hybridized carbons (Fsp3) is 0.800. The third kappa shape index (κ3) is 14.4. The van der Waals surface area contributed by atoms with Crippen LogP contribution in [0.5, 0.6) is 0 Å². The second kappa shape index (κ2) is 22.3. The normalized spacial score (nSPS) is 26.8. The van der Waals surface area contributed by atoms with Crippen LogP contribution in [0.15, 0.2) is 0 Å². The summed E-state index contributed by atoms with van der Waals surface area (Å²) < 4.78 is 64.8. The van der Waals surface area contributed by atoms with Crippen LogP contribution in [0.1, 0.15) is 96.9 Å². The summed E-state index contributed by atoms with van der Waals surface area (Å²) in [5, 5.41) is 0. The van der Waals surface area contributed by atoms with E-state index in [0.29, 0.717) is 0 Å². The smallest absolute Gasteiger partial charge is 0.308 e. The summed E-state index contributed by atoms with van der Waals surface area (Å²) in [6, 6.07) is 0. The molecule has 9 unspecified atom stereocenters. The summed E-state index contributed by atoms with van der Waals surface area (Å²) in [4.78, 5) is 104. The van der Waals surface area contributed by atoms with Crippen LogP contribution in [0.2, 0.25) is 0 Å². The van der Waals surface area contributed by atoms with E-state index in [1.165, 1.54) is 69.2 Å². The number of carbonyl (C=O) groups excluding carboxylic acids is 8. The van der Waals surface area contributed by atoms with Gasteiger partial charge in [0.1, 0.15) is 32.0 Å². The van der Waals surface area contributed by atoms with Crippen molar-refractivity contribution in [1.29, 1.82) is 0 Å². The second-order valence-corrected chi connectivity index (χ2v) is 16.2. The van der Waals surface area contributed by atoms with Crippen molar-refractivity contribution in [2.45, 2.75) is 152 Å². The second-order valence-electron chi connectivity index (χ2n) is 16.2. The Kier molecular flexibility index (Phi) is 19.2. The minimum Gasteiger partial charge on any atom is -0.463 e. The minimum atomic E-state index is -2.54. The maximum atomic E-state index is 13.4. The maximum Gasteiger partial charge on any atom is 0.308 e. The molecule has 2 aliphatic rings. The Labute approximate surface area is 345 Å². The van der Waals surface area contributed by atoms with Gasteiger partial charge in [-0.2, -0.15) is 0 Å². The molecule has 2 aliphatic heterocycles. The van der Waals surface area contributed by atoms with Crippen molar-refractivity contribution in [1.82, 2.24) is 0 Å². The maximum absolute atomic E-state index is 13.4. The van der Waals surface area contributed by atoms with Crippen LogP contribution in [0, 0.1) is 35.5 Å². The summed E-state index contributed by atoms with van der Waals surface area (Å²) >= 11 is 0. The Balaban J connectivity index is 3.02. The SMILES string of the molecule is CC(=O)OCC1OC(OC2(COC(C)=O)OC(COC(=O)C(C)C)C(OC(=O)C(C)C)C2OC(=O)C(C)C)C(OC(=O)C(C)C)C(OC(=O)C(C)C)C1OC(=O)C(C)C. The lowest BCUT2D eigenvalue weighted by Gasteiger charge is -2.47. The molecule has 2 fully saturated rings. The van der Waals surface area contributed by atoms with Crippen molar-refractivity contribution in [3.63, 3.8) is 0 Å². The topological polar surface area (TPSA) is 238 Å². The summed E-state index contributed by atoms with van der Waals surface area (Å²) in [5.74, 6) is -13.4. The number of hydrogen-bond acceptors (Lipinski definition) is 19. The van der Waals surface area contributed by atoms with Gasteiger partial charge in [0.05, 0.1) is 35.5 Å². The third-order valence-electron chi connectivity index (χ3n) is 8.75. The molecule has 19 heteroatoms. The fourth-order valence-electron chi connectivity index (χ4n) is 5.28. The number of rotatable bonds is 19. The molecule has 0 aromatic heterocycles. The van der Waals surface area contributed by atoms with Gasteiger partial charge in [-0.05, 0) is 0 Å². The monoisotopic (exact) mass is 846 g/mol. The minimum absolute atomic E-state index is 0.595. The molecule has 0 radical (unpaired) electrons. The van der Waals surface area contributed by atoms with Gasteiger partial charge in [0.15, 0.2) is 30.5 Å². The Bertz CT molecular complexity index is 1500. The first kappa shape index (κ1) is 50.8. The van der Waals surface area contributed by atoms with E-state index in [4.69, 9.17) is 52.1 Å². The van der Waals surface area contributed by atoms with Crippen molar-refractivity contribution in [3.05, 3.63) is 0 Å². The highest BCUT2D eigenvalue weighted by Gasteiger charge is 2.65. The predicted octanol–water partition coefficient (Wildman–Crippen LogP) is 2.99. The summed E-state index contributed by atoms with van der Waals surface area (Å²) in [6.45, 7) is 18.4. The molecule has 0 aromatic rings. The van der Waals surface area contributed by atoms with Crippen LogP contribution < -0.4 is 0 Å². The summed E-state index contributed by atoms with van der Waals surface area (Å²) in [7, 11) is 0. The first-order valence-electron chi connectivity index (χ1n) is 19.8. The van der Waals surface area contributed by atoms with Crippen LogP contribution in [0.3, 0.4) is 0 Å². The van der Waals surface area contributed by atoms with Crippen molar-refractivity contribution in [2.75, 3.05) is 19.8 Å². The third-order valence-corrected chi connectivity index (χ3v) is 8.75. The Morgan fingerprint density at radius 1 is 0.458 bits per heavy atom. The number of ether oxygens (including phenoxy) is 11. The zero-order valence-electron chi connectivity index (χ0n) is 36.5. The van der Waals surface area contributed by atoms with E-state index < -0.39 is 158 Å². The lowest BCUT2D eigenvalue weighted by atomic mass is 9.97. The zero-order valence-corrected chi connectivity index (χ0v) is 36.5. The highest BCUT2D eigenvalue weighted by atomic mass is 16.8. The molecule has 0 saturated carbocycles. The summed E-state index contributed by atoms with van der Waals surface area (Å²) in [6.07, 6.45) is -13.5. The molecule has 9 atom stereocenters. The van der Waals surface area contributed by atoms with Gasteiger partial charge in [0.2, 0.25) is 12.1 Å². The highest BCUT2D eigenvalue weighted by molar-refractivity contribution is 5.75. The Morgan fingerprint density at radius 2 is 0.847 bits per heavy atom. The Hall–Kier alpha value is -4.36. The first-order chi connectivity index (χ1) is 27.3. The first-order valence-corrected chi connectivity index (χ1v) is 19.8. The lowest BCUT2D eigenvalue weighted by molar-refractivity contribution is -0.385. The quantitative estimate of drug-likeness (QED) is 0.134. The van der Waals surface area contributed by atoms with E-state index >= 15 is 0 Å². The summed E-state index contributed by atoms with van der Waals surface area (Å²) in [5.41, 5.74) is 0. The molecule has 0 amide bonds. The molecular formula is C40H62O19. The van der Waals surface area contributed by atoms with E-state index in [9.17, 15) is 38.4 Å². The van der Waals surface area contributed by atoms with Crippen LogP contribution in [0.4, 0.5) is 0 Å². The molecular weight excluding hydrogens is 784 g/mol. The average molecular weight is 847 g/mol. The van der Waals surface area contributed by atoms with E-state index in [-0.39, 0.29) is 0 Å². The van der Waals surface area contributed by atoms with Crippen LogP contribution >= 0.6 is 0 Å². The molecule has 0 aliphatic carbocycles. The van der Waals surface area contributed by atoms with E-state index in [1.54, 1.807) is 13.8 Å². The van der Waals surface area contributed by atoms with Gasteiger partial charge in [-0.25, -0.2) is 0 Å². The van der Waals surface area contributed by atoms with Gasteiger partial charge >= 0.3 is 47.8 Å². The zero-order chi connectivity index (χ0) is 45.1. The van der Waals surface area contributed by atoms with Gasteiger partial charge < -0.3 is 52.1 Å². The van der Waals surface area contributed by atoms with Crippen molar-refractivity contribution in [3.8, 4) is 0 Å². The molecule has 0 spiro atoms. The van der Waals surface area contributed by atoms with Crippen LogP contribution in [-0.2, 0) is 90.5 Å². The van der Waals surface area contributed by atoms with Gasteiger partial charge in [-0.1, -0.05) is 83.1 Å². The van der Waals surface area contributed by atoms with E-state index in [1.807, 2.05) is 0 Å². The van der Waals surface area contributed by atoms with Crippen molar-refractivity contribution in [2.24, 2.45) is 35.5 Å². The molecule has 59 heavy (non-hydrogen) atoms. The van der Waals surface area contributed by atoms with Gasteiger partial charge in [-0.15, -0.1) is 0 Å².